The van der Waals surface area contributed by atoms with Crippen molar-refractivity contribution in [3.63, 3.8) is 0 Å². The first-order chi connectivity index (χ1) is 9.01. The first kappa shape index (κ1) is 18.1. The van der Waals surface area contributed by atoms with Gasteiger partial charge in [-0.3, -0.25) is 0 Å². The number of hydrogen-bond acceptors (Lipinski definition) is 6. The number of hydroxylamine groups is 2. The number of aliphatic hydroxyl groups excluding tert-OH is 1. The quantitative estimate of drug-likeness (QED) is 0.578. The van der Waals surface area contributed by atoms with Crippen molar-refractivity contribution in [1.29, 1.82) is 0 Å². The summed E-state index contributed by atoms with van der Waals surface area (Å²) >= 11 is 0. The van der Waals surface area contributed by atoms with Crippen molar-refractivity contribution >= 4 is 10.1 Å². The van der Waals surface area contributed by atoms with Gasteiger partial charge in [0.15, 0.2) is 0 Å². The molecule has 1 aromatic rings. The molecule has 0 aromatic heterocycles. The minimum Gasteiger partial charge on any atom is -0.546 e. The minimum absolute atomic E-state index is 0. The predicted octanol–water partition coefficient (Wildman–Crippen LogP) is 0.470. The summed E-state index contributed by atoms with van der Waals surface area (Å²) < 4.78 is 34.2. The summed E-state index contributed by atoms with van der Waals surface area (Å²) in [6.07, 6.45) is -0.470. The Morgan fingerprint density at radius 2 is 2.10 bits per heavy atom. The van der Waals surface area contributed by atoms with E-state index < -0.39 is 16.2 Å². The van der Waals surface area contributed by atoms with E-state index in [0.29, 0.717) is 0 Å². The number of aliphatic hydroxyl groups is 1. The maximum absolute atomic E-state index is 12.0. The summed E-state index contributed by atoms with van der Waals surface area (Å²) in [5, 5.41) is 10.2. The van der Waals surface area contributed by atoms with Crippen LogP contribution >= 0.6 is 0 Å². The fraction of sp³-hybridized carbons (Fsp3) is 0.417. The van der Waals surface area contributed by atoms with Gasteiger partial charge in [-0.25, -0.2) is 0 Å². The third-order valence-corrected chi connectivity index (χ3v) is 3.95. The normalized spacial score (nSPS) is 20.4. The van der Waals surface area contributed by atoms with Crippen LogP contribution in [0.1, 0.15) is 5.56 Å². The Bertz CT molecular complexity index is 519. The Morgan fingerprint density at radius 1 is 1.45 bits per heavy atom. The predicted molar refractivity (Wildman–Crippen MR) is 67.3 cm³/mol. The van der Waals surface area contributed by atoms with Gasteiger partial charge >= 0.3 is 10.1 Å². The van der Waals surface area contributed by atoms with E-state index in [4.69, 9.17) is 14.1 Å². The summed E-state index contributed by atoms with van der Waals surface area (Å²) in [5.41, 5.74) is 0.971. The van der Waals surface area contributed by atoms with Gasteiger partial charge in [-0.2, -0.15) is 24.4 Å². The Labute approximate surface area is 142 Å². The molecule has 1 saturated heterocycles. The molecule has 110 valence electrons. The number of morpholine rings is 1. The van der Waals surface area contributed by atoms with E-state index in [1.165, 1.54) is 23.8 Å². The molecule has 1 unspecified atom stereocenters. The largest absolute Gasteiger partial charge is 0.546 e. The average molecular weight is 524 g/mol. The van der Waals surface area contributed by atoms with Gasteiger partial charge in [0.1, 0.15) is 0 Å². The first-order valence-electron chi connectivity index (χ1n) is 5.85. The molecule has 1 fully saturated rings. The zero-order valence-electron chi connectivity index (χ0n) is 11.0. The van der Waals surface area contributed by atoms with Crippen LogP contribution in [0.25, 0.3) is 0 Å². The van der Waals surface area contributed by atoms with Gasteiger partial charge in [0.05, 0.1) is 17.6 Å². The molecule has 0 radical (unpaired) electrons. The van der Waals surface area contributed by atoms with E-state index in [0.717, 1.165) is 5.56 Å². The second-order valence-corrected chi connectivity index (χ2v) is 5.82. The molecule has 1 aromatic carbocycles. The Morgan fingerprint density at radius 3 is 2.70 bits per heavy atom. The average Bonchev–Trinajstić information content (AvgIpc) is 2.39. The summed E-state index contributed by atoms with van der Waals surface area (Å²) in [5.74, 6) is 0. The maximum Gasteiger partial charge on any atom is 0.313 e. The smallest absolute Gasteiger partial charge is 0.313 e. The van der Waals surface area contributed by atoms with Gasteiger partial charge in [-0.1, -0.05) is 24.2 Å². The summed E-state index contributed by atoms with van der Waals surface area (Å²) in [4.78, 5) is 0.102. The van der Waals surface area contributed by atoms with Crippen molar-refractivity contribution in [2.45, 2.75) is 17.9 Å². The molecule has 6 nitrogen and oxygen atoms in total. The third-order valence-electron chi connectivity index (χ3n) is 2.69. The second kappa shape index (κ2) is 7.90. The molecule has 8 heteroatoms. The van der Waals surface area contributed by atoms with E-state index in [1.54, 1.807) is 12.1 Å². The van der Waals surface area contributed by atoms with Crippen LogP contribution in [-0.4, -0.2) is 44.4 Å². The molecule has 0 bridgehead atoms. The van der Waals surface area contributed by atoms with Gasteiger partial charge in [0.2, 0.25) is 0 Å². The van der Waals surface area contributed by atoms with Crippen LogP contribution in [0.3, 0.4) is 0 Å². The molecule has 1 aliphatic rings. The molecule has 0 spiro atoms. The summed E-state index contributed by atoms with van der Waals surface area (Å²) in [6.45, 7) is 3.51. The van der Waals surface area contributed by atoms with E-state index in [2.05, 4.69) is 0 Å². The first-order valence-corrected chi connectivity index (χ1v) is 7.26. The van der Waals surface area contributed by atoms with Gasteiger partial charge in [-0.15, -0.1) is 0 Å². The van der Waals surface area contributed by atoms with Crippen LogP contribution in [0.15, 0.2) is 29.2 Å². The molecular weight excluding hydrogens is 508 g/mol. The van der Waals surface area contributed by atoms with Gasteiger partial charge in [-0.05, 0) is 19.1 Å². The monoisotopic (exact) mass is 524 g/mol. The zero-order valence-corrected chi connectivity index (χ0v) is 16.0. The molecule has 2 rings (SSSR count). The van der Waals surface area contributed by atoms with Crippen LogP contribution in [-0.2, 0) is 19.1 Å². The van der Waals surface area contributed by atoms with E-state index >= 15 is 0 Å². The van der Waals surface area contributed by atoms with Crippen molar-refractivity contribution in [3.8, 4) is 0 Å². The molecule has 1 N–H and O–H groups in total. The van der Waals surface area contributed by atoms with Gasteiger partial charge < -0.3 is 9.84 Å². The fourth-order valence-corrected chi connectivity index (χ4v) is 2.61. The maximum atomic E-state index is 12.0. The van der Waals surface area contributed by atoms with Crippen molar-refractivity contribution < 1.29 is 53.7 Å². The van der Waals surface area contributed by atoms with Crippen molar-refractivity contribution in [2.75, 3.05) is 19.7 Å². The van der Waals surface area contributed by atoms with Crippen LogP contribution in [0.5, 0.6) is 0 Å². The van der Waals surface area contributed by atoms with Gasteiger partial charge in [0.25, 0.3) is 0 Å². The molecule has 0 amide bonds. The van der Waals surface area contributed by atoms with Crippen LogP contribution in [0.2, 0.25) is 0 Å². The molecule has 1 aliphatic heterocycles. The van der Waals surface area contributed by atoms with E-state index in [1.807, 2.05) is 6.92 Å². The number of rotatable bonds is 4. The van der Waals surface area contributed by atoms with E-state index in [9.17, 15) is 8.42 Å². The number of aryl methyl sites for hydroxylation is 1. The second-order valence-electron chi connectivity index (χ2n) is 4.30. The number of hydrogen-bond donors (Lipinski definition) is 1. The third kappa shape index (κ3) is 4.81. The standard InChI is InChI=1S/C12H16NO5S.U/c1-10-2-4-12(5-3-10)19(15,16)18-13-6-7-17-11(8-13)9-14;/h2-5,7,11,14H,6,8-9H2,1H3;/q-1;. The van der Waals surface area contributed by atoms with Crippen LogP contribution < -0.4 is 0 Å². The molecule has 20 heavy (non-hydrogen) atoms. The van der Waals surface area contributed by atoms with Crippen LogP contribution in [0, 0.1) is 44.6 Å². The molecule has 0 saturated carbocycles. The number of ether oxygens (including phenoxy) is 1. The fourth-order valence-electron chi connectivity index (χ4n) is 1.66. The van der Waals surface area contributed by atoms with Crippen molar-refractivity contribution in [3.05, 3.63) is 36.4 Å². The summed E-state index contributed by atoms with van der Waals surface area (Å²) in [6, 6.07) is 6.41. The minimum atomic E-state index is -3.84. The molecule has 1 atom stereocenters. The molecule has 0 aliphatic carbocycles. The SMILES string of the molecule is Cc1ccc(S(=O)(=O)ON2C[CH-]OC(CO)C2)cc1.[U]. The van der Waals surface area contributed by atoms with E-state index in [-0.39, 0.29) is 55.7 Å². The van der Waals surface area contributed by atoms with Gasteiger partial charge in [0, 0.05) is 37.7 Å². The van der Waals surface area contributed by atoms with Crippen molar-refractivity contribution in [2.24, 2.45) is 0 Å². The van der Waals surface area contributed by atoms with Crippen molar-refractivity contribution in [1.82, 2.24) is 5.06 Å². The number of nitrogens with zero attached hydrogens (tertiary/aromatic N) is 1. The zero-order chi connectivity index (χ0) is 13.9. The Hall–Kier alpha value is 0.0619. The molecule has 1 heterocycles. The Balaban J connectivity index is 0.00000200. The number of benzene rings is 1. The Kier molecular flexibility index (Phi) is 7.15. The topological polar surface area (TPSA) is 76.1 Å². The summed E-state index contributed by atoms with van der Waals surface area (Å²) in [7, 11) is -3.84. The molecular formula is C12H16NO5SU-. The van der Waals surface area contributed by atoms with Crippen LogP contribution in [0.4, 0.5) is 0 Å².